The monoisotopic (exact) mass is 644 g/mol. The highest BCUT2D eigenvalue weighted by atomic mass is 19.4. The van der Waals surface area contributed by atoms with Crippen LogP contribution < -0.4 is 0 Å². The highest BCUT2D eigenvalue weighted by Gasteiger charge is 2.36. The quantitative estimate of drug-likeness (QED) is 0.146. The highest BCUT2D eigenvalue weighted by Crippen LogP contribution is 2.41. The molecule has 0 heterocycles. The molecule has 0 spiro atoms. The van der Waals surface area contributed by atoms with Crippen molar-refractivity contribution in [3.8, 4) is 0 Å². The Kier molecular flexibility index (Phi) is 11.8. The first kappa shape index (κ1) is 35.3. The average molecular weight is 645 g/mol. The van der Waals surface area contributed by atoms with Crippen molar-refractivity contribution in [2.24, 2.45) is 5.16 Å². The molecule has 252 valence electrons. The fourth-order valence-corrected chi connectivity index (χ4v) is 6.64. The van der Waals surface area contributed by atoms with Crippen LogP contribution in [0, 0.1) is 0 Å². The van der Waals surface area contributed by atoms with Gasteiger partial charge in [-0.05, 0) is 100 Å². The number of amides is 1. The van der Waals surface area contributed by atoms with Crippen LogP contribution in [0.15, 0.2) is 41.6 Å². The van der Waals surface area contributed by atoms with E-state index in [0.29, 0.717) is 29.8 Å². The molecule has 4 rings (SSSR count). The van der Waals surface area contributed by atoms with Crippen LogP contribution in [0.25, 0.3) is 0 Å². The maximum Gasteiger partial charge on any atom is 0.416 e. The first-order chi connectivity index (χ1) is 21.8. The number of hydrogen-bond acceptors (Lipinski definition) is 6. The summed E-state index contributed by atoms with van der Waals surface area (Å²) in [6.45, 7) is 7.51. The number of fused-ring (bicyclic) bond motifs is 1. The Morgan fingerprint density at radius 1 is 0.978 bits per heavy atom. The molecule has 1 unspecified atom stereocenters. The number of esters is 1. The second-order valence-electron chi connectivity index (χ2n) is 13.3. The number of nitrogens with zero attached hydrogens (tertiary/aromatic N) is 2. The molecule has 46 heavy (non-hydrogen) atoms. The largest absolute Gasteiger partial charge is 0.469 e. The molecule has 0 N–H and O–H groups in total. The Bertz CT molecular complexity index is 1390. The van der Waals surface area contributed by atoms with Crippen LogP contribution in [0.2, 0.25) is 0 Å². The minimum absolute atomic E-state index is 0.0622. The third kappa shape index (κ3) is 9.26. The van der Waals surface area contributed by atoms with Gasteiger partial charge in [0.15, 0.2) is 0 Å². The first-order valence-electron chi connectivity index (χ1n) is 16.3. The lowest BCUT2D eigenvalue weighted by molar-refractivity contribution is -0.141. The summed E-state index contributed by atoms with van der Waals surface area (Å²) in [5.41, 5.74) is 3.02. The normalized spacial score (nSPS) is 17.7. The van der Waals surface area contributed by atoms with E-state index in [2.05, 4.69) is 5.16 Å². The molecular weight excluding hydrogens is 597 g/mol. The second-order valence-corrected chi connectivity index (χ2v) is 13.3. The molecule has 10 heteroatoms. The smallest absolute Gasteiger partial charge is 0.416 e. The molecule has 0 saturated heterocycles. The van der Waals surface area contributed by atoms with Gasteiger partial charge in [-0.3, -0.25) is 4.79 Å². The molecule has 1 saturated carbocycles. The summed E-state index contributed by atoms with van der Waals surface area (Å²) in [4.78, 5) is 32.5. The van der Waals surface area contributed by atoms with Gasteiger partial charge in [-0.15, -0.1) is 0 Å². The minimum atomic E-state index is -4.44. The van der Waals surface area contributed by atoms with E-state index in [9.17, 15) is 22.8 Å². The lowest BCUT2D eigenvalue weighted by Crippen LogP contribution is -2.41. The zero-order chi connectivity index (χ0) is 33.5. The van der Waals surface area contributed by atoms with Crippen molar-refractivity contribution in [1.29, 1.82) is 0 Å². The van der Waals surface area contributed by atoms with Crippen LogP contribution in [0.5, 0.6) is 0 Å². The molecule has 0 aromatic heterocycles. The summed E-state index contributed by atoms with van der Waals surface area (Å²) < 4.78 is 52.6. The van der Waals surface area contributed by atoms with Gasteiger partial charge in [-0.25, -0.2) is 4.79 Å². The van der Waals surface area contributed by atoms with Crippen LogP contribution >= 0.6 is 0 Å². The fourth-order valence-electron chi connectivity index (χ4n) is 6.64. The standard InChI is InChI=1S/C36H47F3N2O5/c1-24(40-45-23-25-19-20-28(26-12-7-6-8-13-26)31(22-25)36(37,38)39)27-14-9-16-30-29(27)15-10-17-32(30)41(21-11-18-33(42)44-5)34(43)46-35(2,3)4/h9,14,16,19-20,22,26,32H,6-8,10-13,15,17-18,21,23H2,1-5H3/b40-24+. The number of methoxy groups -OCH3 is 1. The van der Waals surface area contributed by atoms with Crippen LogP contribution in [0.4, 0.5) is 18.0 Å². The Balaban J connectivity index is 1.53. The lowest BCUT2D eigenvalue weighted by Gasteiger charge is -2.37. The molecule has 2 aromatic carbocycles. The van der Waals surface area contributed by atoms with E-state index in [1.54, 1.807) is 17.0 Å². The topological polar surface area (TPSA) is 77.4 Å². The van der Waals surface area contributed by atoms with Gasteiger partial charge in [0, 0.05) is 18.5 Å². The molecule has 2 aliphatic rings. The molecule has 1 amide bonds. The third-order valence-corrected chi connectivity index (χ3v) is 8.78. The number of oxime groups is 1. The molecule has 7 nitrogen and oxygen atoms in total. The van der Waals surface area contributed by atoms with Crippen molar-refractivity contribution in [1.82, 2.24) is 4.90 Å². The Morgan fingerprint density at radius 2 is 1.72 bits per heavy atom. The lowest BCUT2D eigenvalue weighted by atomic mass is 9.81. The van der Waals surface area contributed by atoms with Gasteiger partial charge in [-0.1, -0.05) is 54.8 Å². The Labute approximate surface area is 270 Å². The fraction of sp³-hybridized carbons (Fsp3) is 0.583. The van der Waals surface area contributed by atoms with Crippen molar-refractivity contribution in [3.63, 3.8) is 0 Å². The van der Waals surface area contributed by atoms with Gasteiger partial charge in [0.25, 0.3) is 0 Å². The van der Waals surface area contributed by atoms with Gasteiger partial charge in [0.1, 0.15) is 12.2 Å². The van der Waals surface area contributed by atoms with Gasteiger partial charge < -0.3 is 19.2 Å². The summed E-state index contributed by atoms with van der Waals surface area (Å²) in [7, 11) is 1.34. The SMILES string of the molecule is COC(=O)CCCN(C(=O)OC(C)(C)C)C1CCCc2c(/C(C)=N/OCc3ccc(C4CCCCC4)c(C(F)(F)F)c3)cccc21. The molecular formula is C36H47F3N2O5. The summed E-state index contributed by atoms with van der Waals surface area (Å²) in [5, 5.41) is 4.31. The third-order valence-electron chi connectivity index (χ3n) is 8.78. The number of alkyl halides is 3. The number of halogens is 3. The predicted octanol–water partition coefficient (Wildman–Crippen LogP) is 9.26. The zero-order valence-electron chi connectivity index (χ0n) is 27.7. The van der Waals surface area contributed by atoms with Crippen LogP contribution in [0.1, 0.15) is 131 Å². The van der Waals surface area contributed by atoms with E-state index in [1.807, 2.05) is 45.9 Å². The maximum atomic E-state index is 14.0. The summed E-state index contributed by atoms with van der Waals surface area (Å²) in [5.74, 6) is -0.398. The molecule has 0 bridgehead atoms. The summed E-state index contributed by atoms with van der Waals surface area (Å²) in [6, 6.07) is 10.1. The van der Waals surface area contributed by atoms with Crippen molar-refractivity contribution in [3.05, 3.63) is 69.8 Å². The summed E-state index contributed by atoms with van der Waals surface area (Å²) in [6.07, 6.45) is 2.64. The van der Waals surface area contributed by atoms with Gasteiger partial charge >= 0.3 is 18.2 Å². The number of carbonyl (C=O) groups is 2. The number of benzene rings is 2. The number of rotatable bonds is 10. The van der Waals surface area contributed by atoms with Crippen LogP contribution in [-0.4, -0.2) is 41.9 Å². The van der Waals surface area contributed by atoms with Crippen molar-refractivity contribution < 1.29 is 37.1 Å². The van der Waals surface area contributed by atoms with Crippen LogP contribution in [0.3, 0.4) is 0 Å². The molecule has 0 aliphatic heterocycles. The first-order valence-corrected chi connectivity index (χ1v) is 16.3. The molecule has 1 fully saturated rings. The summed E-state index contributed by atoms with van der Waals surface area (Å²) >= 11 is 0. The van der Waals surface area contributed by atoms with E-state index in [-0.39, 0.29) is 31.0 Å². The minimum Gasteiger partial charge on any atom is -0.469 e. The second kappa shape index (κ2) is 15.4. The van der Waals surface area contributed by atoms with Gasteiger partial charge in [-0.2, -0.15) is 13.2 Å². The highest BCUT2D eigenvalue weighted by molar-refractivity contribution is 6.00. The van der Waals surface area contributed by atoms with Crippen molar-refractivity contribution >= 4 is 17.8 Å². The molecule has 0 radical (unpaired) electrons. The van der Waals surface area contributed by atoms with E-state index in [0.717, 1.165) is 68.1 Å². The average Bonchev–Trinajstić information content (AvgIpc) is 3.01. The molecule has 2 aromatic rings. The zero-order valence-corrected chi connectivity index (χ0v) is 27.7. The van der Waals surface area contributed by atoms with Crippen LogP contribution in [-0.2, 0) is 38.3 Å². The number of carbonyl (C=O) groups excluding carboxylic acids is 2. The van der Waals surface area contributed by atoms with Crippen molar-refractivity contribution in [2.45, 2.75) is 122 Å². The van der Waals surface area contributed by atoms with E-state index in [1.165, 1.54) is 13.2 Å². The molecule has 2 aliphatic carbocycles. The maximum absolute atomic E-state index is 14.0. The number of hydrogen-bond donors (Lipinski definition) is 0. The van der Waals surface area contributed by atoms with E-state index < -0.39 is 23.4 Å². The number of ether oxygens (including phenoxy) is 2. The molecule has 1 atom stereocenters. The van der Waals surface area contributed by atoms with Gasteiger partial charge in [0.05, 0.1) is 24.4 Å². The Morgan fingerprint density at radius 3 is 2.39 bits per heavy atom. The van der Waals surface area contributed by atoms with E-state index >= 15 is 0 Å². The van der Waals surface area contributed by atoms with E-state index in [4.69, 9.17) is 14.3 Å². The Hall–Kier alpha value is -3.56. The van der Waals surface area contributed by atoms with Crippen molar-refractivity contribution in [2.75, 3.05) is 13.7 Å². The van der Waals surface area contributed by atoms with Gasteiger partial charge in [0.2, 0.25) is 0 Å². The predicted molar refractivity (Wildman–Crippen MR) is 171 cm³/mol.